The van der Waals surface area contributed by atoms with Crippen molar-refractivity contribution in [1.29, 1.82) is 0 Å². The van der Waals surface area contributed by atoms with Crippen molar-refractivity contribution in [3.63, 3.8) is 0 Å². The molecule has 3 aromatic rings. The summed E-state index contributed by atoms with van der Waals surface area (Å²) in [6.45, 7) is 0.627. The van der Waals surface area contributed by atoms with Crippen LogP contribution in [0.2, 0.25) is 0 Å². The zero-order valence-corrected chi connectivity index (χ0v) is 11.7. The number of nitrogens with one attached hydrogen (secondary N) is 1. The van der Waals surface area contributed by atoms with Gasteiger partial charge in [-0.25, -0.2) is 4.98 Å². The lowest BCUT2D eigenvalue weighted by Crippen LogP contribution is -2.05. The molecule has 0 radical (unpaired) electrons. The largest absolute Gasteiger partial charge is 0.497 e. The molecule has 106 valence electrons. The summed E-state index contributed by atoms with van der Waals surface area (Å²) < 4.78 is 5.13. The third kappa shape index (κ3) is 2.86. The molecule has 3 rings (SSSR count). The van der Waals surface area contributed by atoms with Crippen LogP contribution in [0.15, 0.2) is 48.5 Å². The zero-order valence-electron chi connectivity index (χ0n) is 11.7. The maximum atomic E-state index is 5.96. The Labute approximate surface area is 122 Å². The molecule has 3 N–H and O–H groups in total. The van der Waals surface area contributed by atoms with Gasteiger partial charge in [-0.2, -0.15) is 4.98 Å². The molecule has 0 spiro atoms. The van der Waals surface area contributed by atoms with E-state index in [0.717, 1.165) is 22.2 Å². The molecule has 0 aliphatic heterocycles. The first-order chi connectivity index (χ1) is 10.3. The Kier molecular flexibility index (Phi) is 3.55. The predicted molar refractivity (Wildman–Crippen MR) is 84.3 cm³/mol. The Bertz CT molecular complexity index is 756. The fourth-order valence-corrected chi connectivity index (χ4v) is 2.10. The Morgan fingerprint density at radius 1 is 1.05 bits per heavy atom. The van der Waals surface area contributed by atoms with Gasteiger partial charge >= 0.3 is 0 Å². The smallest absolute Gasteiger partial charge is 0.225 e. The van der Waals surface area contributed by atoms with Crippen LogP contribution in [-0.4, -0.2) is 17.1 Å². The van der Waals surface area contributed by atoms with Crippen molar-refractivity contribution in [3.8, 4) is 5.75 Å². The Balaban J connectivity index is 1.78. The molecule has 0 unspecified atom stereocenters. The van der Waals surface area contributed by atoms with Crippen molar-refractivity contribution in [2.45, 2.75) is 6.54 Å². The molecule has 5 nitrogen and oxygen atoms in total. The molecule has 5 heteroatoms. The topological polar surface area (TPSA) is 73.1 Å². The molecule has 0 saturated carbocycles. The van der Waals surface area contributed by atoms with Crippen LogP contribution in [-0.2, 0) is 6.54 Å². The maximum absolute atomic E-state index is 5.96. The Hall–Kier alpha value is -2.82. The van der Waals surface area contributed by atoms with Crippen LogP contribution in [0.3, 0.4) is 0 Å². The number of nitrogens with zero attached hydrogens (tertiary/aromatic N) is 2. The van der Waals surface area contributed by atoms with Crippen molar-refractivity contribution in [3.05, 3.63) is 54.1 Å². The molecule has 0 aliphatic rings. The molecule has 1 aromatic heterocycles. The first-order valence-corrected chi connectivity index (χ1v) is 6.65. The van der Waals surface area contributed by atoms with Gasteiger partial charge in [-0.05, 0) is 29.8 Å². The predicted octanol–water partition coefficient (Wildman–Crippen LogP) is 2.83. The first-order valence-electron chi connectivity index (χ1n) is 6.65. The number of aromatic nitrogens is 2. The normalized spacial score (nSPS) is 10.5. The van der Waals surface area contributed by atoms with E-state index in [-0.39, 0.29) is 0 Å². The van der Waals surface area contributed by atoms with E-state index in [1.54, 1.807) is 7.11 Å². The molecule has 0 saturated heterocycles. The molecule has 0 aliphatic carbocycles. The second kappa shape index (κ2) is 5.66. The number of rotatable bonds is 4. The summed E-state index contributed by atoms with van der Waals surface area (Å²) in [5.41, 5.74) is 7.91. The summed E-state index contributed by atoms with van der Waals surface area (Å²) in [6.07, 6.45) is 0. The number of nitrogen functional groups attached to an aromatic ring is 1. The monoisotopic (exact) mass is 280 g/mol. The summed E-state index contributed by atoms with van der Waals surface area (Å²) in [6, 6.07) is 15.5. The van der Waals surface area contributed by atoms with Crippen LogP contribution in [0.1, 0.15) is 5.56 Å². The summed E-state index contributed by atoms with van der Waals surface area (Å²) >= 11 is 0. The molecule has 2 aromatic carbocycles. The van der Waals surface area contributed by atoms with Crippen LogP contribution in [0.25, 0.3) is 10.9 Å². The van der Waals surface area contributed by atoms with Crippen molar-refractivity contribution in [2.75, 3.05) is 18.2 Å². The van der Waals surface area contributed by atoms with Crippen LogP contribution >= 0.6 is 0 Å². The van der Waals surface area contributed by atoms with Crippen LogP contribution in [0.5, 0.6) is 5.75 Å². The highest BCUT2D eigenvalue weighted by Crippen LogP contribution is 2.19. The molecule has 0 amide bonds. The van der Waals surface area contributed by atoms with Gasteiger partial charge in [0.2, 0.25) is 5.95 Å². The van der Waals surface area contributed by atoms with E-state index in [9.17, 15) is 0 Å². The molecular formula is C16H16N4O. The number of methoxy groups -OCH3 is 1. The van der Waals surface area contributed by atoms with Gasteiger partial charge in [0.15, 0.2) is 0 Å². The highest BCUT2D eigenvalue weighted by atomic mass is 16.5. The summed E-state index contributed by atoms with van der Waals surface area (Å²) in [5, 5.41) is 4.06. The van der Waals surface area contributed by atoms with Gasteiger partial charge in [0, 0.05) is 11.9 Å². The SMILES string of the molecule is COc1ccc(CNc2nc(N)c3ccccc3n2)cc1. The average molecular weight is 280 g/mol. The Morgan fingerprint density at radius 3 is 2.57 bits per heavy atom. The van der Waals surface area contributed by atoms with Gasteiger partial charge in [-0.15, -0.1) is 0 Å². The summed E-state index contributed by atoms with van der Waals surface area (Å²) in [5.74, 6) is 1.85. The van der Waals surface area contributed by atoms with E-state index in [1.807, 2.05) is 48.5 Å². The van der Waals surface area contributed by atoms with E-state index in [0.29, 0.717) is 18.3 Å². The third-order valence-electron chi connectivity index (χ3n) is 3.24. The van der Waals surface area contributed by atoms with Crippen molar-refractivity contribution < 1.29 is 4.74 Å². The van der Waals surface area contributed by atoms with Crippen molar-refractivity contribution in [1.82, 2.24) is 9.97 Å². The van der Waals surface area contributed by atoms with Crippen molar-refractivity contribution >= 4 is 22.7 Å². The lowest BCUT2D eigenvalue weighted by Gasteiger charge is -2.08. The lowest BCUT2D eigenvalue weighted by atomic mass is 10.2. The summed E-state index contributed by atoms with van der Waals surface area (Å²) in [4.78, 5) is 8.74. The number of anilines is 2. The van der Waals surface area contributed by atoms with Gasteiger partial charge in [0.25, 0.3) is 0 Å². The molecule has 1 heterocycles. The number of hydrogen-bond acceptors (Lipinski definition) is 5. The standard InChI is InChI=1S/C16H16N4O/c1-21-12-8-6-11(7-9-12)10-18-16-19-14-5-3-2-4-13(14)15(17)20-16/h2-9H,10H2,1H3,(H3,17,18,19,20). The van der Waals surface area contributed by atoms with Crippen molar-refractivity contribution in [2.24, 2.45) is 0 Å². The molecular weight excluding hydrogens is 264 g/mol. The highest BCUT2D eigenvalue weighted by molar-refractivity contribution is 5.88. The minimum atomic E-state index is 0.484. The van der Waals surface area contributed by atoms with E-state index < -0.39 is 0 Å². The van der Waals surface area contributed by atoms with E-state index >= 15 is 0 Å². The number of benzene rings is 2. The van der Waals surface area contributed by atoms with Crippen LogP contribution in [0.4, 0.5) is 11.8 Å². The zero-order chi connectivity index (χ0) is 14.7. The fourth-order valence-electron chi connectivity index (χ4n) is 2.10. The average Bonchev–Trinajstić information content (AvgIpc) is 2.53. The number of nitrogens with two attached hydrogens (primary N) is 1. The summed E-state index contributed by atoms with van der Waals surface area (Å²) in [7, 11) is 1.65. The van der Waals surface area contributed by atoms with Gasteiger partial charge in [-0.3, -0.25) is 0 Å². The maximum Gasteiger partial charge on any atom is 0.225 e. The second-order valence-electron chi connectivity index (χ2n) is 4.65. The lowest BCUT2D eigenvalue weighted by molar-refractivity contribution is 0.414. The minimum Gasteiger partial charge on any atom is -0.497 e. The van der Waals surface area contributed by atoms with Gasteiger partial charge < -0.3 is 15.8 Å². The van der Waals surface area contributed by atoms with Gasteiger partial charge in [0.1, 0.15) is 11.6 Å². The minimum absolute atomic E-state index is 0.484. The quantitative estimate of drug-likeness (QED) is 0.768. The molecule has 0 bridgehead atoms. The third-order valence-corrected chi connectivity index (χ3v) is 3.24. The highest BCUT2D eigenvalue weighted by Gasteiger charge is 2.04. The molecule has 0 fully saturated rings. The number of para-hydroxylation sites is 1. The number of hydrogen-bond donors (Lipinski definition) is 2. The first kappa shape index (κ1) is 13.2. The molecule has 0 atom stereocenters. The van der Waals surface area contributed by atoms with Gasteiger partial charge in [-0.1, -0.05) is 24.3 Å². The fraction of sp³-hybridized carbons (Fsp3) is 0.125. The second-order valence-corrected chi connectivity index (χ2v) is 4.65. The van der Waals surface area contributed by atoms with E-state index in [2.05, 4.69) is 15.3 Å². The molecule has 21 heavy (non-hydrogen) atoms. The Morgan fingerprint density at radius 2 is 1.81 bits per heavy atom. The number of fused-ring (bicyclic) bond motifs is 1. The van der Waals surface area contributed by atoms with Crippen LogP contribution < -0.4 is 15.8 Å². The van der Waals surface area contributed by atoms with E-state index in [1.165, 1.54) is 0 Å². The van der Waals surface area contributed by atoms with E-state index in [4.69, 9.17) is 10.5 Å². The van der Waals surface area contributed by atoms with Gasteiger partial charge in [0.05, 0.1) is 12.6 Å². The number of ether oxygens (including phenoxy) is 1. The van der Waals surface area contributed by atoms with Crippen LogP contribution in [0, 0.1) is 0 Å².